The summed E-state index contributed by atoms with van der Waals surface area (Å²) in [6.45, 7) is 13.6. The number of unbranched alkanes of at least 4 members (excludes halogenated alkanes) is 3. The summed E-state index contributed by atoms with van der Waals surface area (Å²) in [5, 5.41) is 9.22. The predicted octanol–water partition coefficient (Wildman–Crippen LogP) is 7.98. The van der Waals surface area contributed by atoms with Gasteiger partial charge in [-0.15, -0.1) is 11.8 Å². The molecule has 1 aromatic carbocycles. The monoisotopic (exact) mass is 520 g/mol. The van der Waals surface area contributed by atoms with Crippen LogP contribution >= 0.6 is 11.8 Å². The van der Waals surface area contributed by atoms with Crippen LogP contribution in [-0.2, 0) is 23.1 Å². The Balaban J connectivity index is 1.79. The third kappa shape index (κ3) is 8.34. The van der Waals surface area contributed by atoms with E-state index < -0.39 is 5.97 Å². The fourth-order valence-electron chi connectivity index (χ4n) is 5.49. The molecule has 1 atom stereocenters. The molecule has 5 heteroatoms. The zero-order chi connectivity index (χ0) is 27.1. The van der Waals surface area contributed by atoms with Gasteiger partial charge in [0.2, 0.25) is 0 Å². The van der Waals surface area contributed by atoms with Gasteiger partial charge in [0.1, 0.15) is 5.82 Å². The number of aromatic nitrogens is 2. The van der Waals surface area contributed by atoms with Gasteiger partial charge in [-0.25, -0.2) is 9.97 Å². The van der Waals surface area contributed by atoms with Gasteiger partial charge in [0.05, 0.1) is 11.5 Å². The van der Waals surface area contributed by atoms with E-state index in [9.17, 15) is 9.90 Å². The standard InChI is InChI=1S/C32H44N2O2S/c1-7-9-10-11-13-25-19-28-27(31(3,4)22-32(5,6)37-28)18-26(25)17-16-23-20-33-29(34-21-23)15-12-14-24(8-2)30(35)36/h18-21,24H,7-15,22H2,1-6H3,(H,35,36). The lowest BCUT2D eigenvalue weighted by Gasteiger charge is -2.42. The van der Waals surface area contributed by atoms with Gasteiger partial charge in [0.15, 0.2) is 0 Å². The highest BCUT2D eigenvalue weighted by Gasteiger charge is 2.38. The van der Waals surface area contributed by atoms with E-state index in [0.717, 1.165) is 36.2 Å². The normalized spacial score (nSPS) is 16.4. The van der Waals surface area contributed by atoms with Crippen molar-refractivity contribution in [2.24, 2.45) is 5.92 Å². The highest BCUT2D eigenvalue weighted by molar-refractivity contribution is 8.00. The van der Waals surface area contributed by atoms with Crippen LogP contribution in [0.2, 0.25) is 0 Å². The summed E-state index contributed by atoms with van der Waals surface area (Å²) in [7, 11) is 0. The van der Waals surface area contributed by atoms with Crippen LogP contribution in [0.4, 0.5) is 0 Å². The van der Waals surface area contributed by atoms with Crippen LogP contribution < -0.4 is 0 Å². The summed E-state index contributed by atoms with van der Waals surface area (Å²) in [6.07, 6.45) is 13.5. The Morgan fingerprint density at radius 3 is 2.41 bits per heavy atom. The molecule has 0 spiro atoms. The molecule has 1 aliphatic rings. The maximum atomic E-state index is 11.2. The van der Waals surface area contributed by atoms with Gasteiger partial charge in [0.25, 0.3) is 0 Å². The number of hydrogen-bond donors (Lipinski definition) is 1. The largest absolute Gasteiger partial charge is 0.481 e. The molecule has 0 saturated carbocycles. The predicted molar refractivity (Wildman–Crippen MR) is 154 cm³/mol. The van der Waals surface area contributed by atoms with E-state index in [4.69, 9.17) is 0 Å². The fraction of sp³-hybridized carbons (Fsp3) is 0.594. The van der Waals surface area contributed by atoms with E-state index in [1.165, 1.54) is 41.7 Å². The number of nitrogens with zero attached hydrogens (tertiary/aromatic N) is 2. The first-order valence-corrected chi connectivity index (χ1v) is 14.8. The van der Waals surface area contributed by atoms with E-state index in [1.54, 1.807) is 12.4 Å². The number of thioether (sulfide) groups is 1. The lowest BCUT2D eigenvalue weighted by molar-refractivity contribution is -0.142. The molecule has 0 amide bonds. The van der Waals surface area contributed by atoms with Crippen molar-refractivity contribution < 1.29 is 9.90 Å². The van der Waals surface area contributed by atoms with Crippen LogP contribution in [0.5, 0.6) is 0 Å². The molecule has 0 bridgehead atoms. The zero-order valence-electron chi connectivity index (χ0n) is 23.6. The van der Waals surface area contributed by atoms with Crippen molar-refractivity contribution >= 4 is 17.7 Å². The average molecular weight is 521 g/mol. The minimum Gasteiger partial charge on any atom is -0.481 e. The Morgan fingerprint density at radius 1 is 1.03 bits per heavy atom. The minimum absolute atomic E-state index is 0.115. The molecule has 0 fully saturated rings. The van der Waals surface area contributed by atoms with Gasteiger partial charge in [-0.05, 0) is 67.2 Å². The maximum absolute atomic E-state index is 11.2. The molecular weight excluding hydrogens is 476 g/mol. The van der Waals surface area contributed by atoms with E-state index >= 15 is 0 Å². The summed E-state index contributed by atoms with van der Waals surface area (Å²) in [5.41, 5.74) is 4.82. The van der Waals surface area contributed by atoms with Crippen LogP contribution in [0.25, 0.3) is 0 Å². The van der Waals surface area contributed by atoms with Crippen molar-refractivity contribution in [1.29, 1.82) is 0 Å². The number of rotatable bonds is 11. The van der Waals surface area contributed by atoms with Gasteiger partial charge in [-0.3, -0.25) is 4.79 Å². The summed E-state index contributed by atoms with van der Waals surface area (Å²) in [5.74, 6) is 6.54. The molecule has 1 N–H and O–H groups in total. The van der Waals surface area contributed by atoms with E-state index in [0.29, 0.717) is 19.3 Å². The van der Waals surface area contributed by atoms with Crippen molar-refractivity contribution in [1.82, 2.24) is 9.97 Å². The number of aliphatic carboxylic acids is 1. The molecule has 0 saturated heterocycles. The summed E-state index contributed by atoms with van der Waals surface area (Å²) in [4.78, 5) is 21.6. The number of benzene rings is 1. The molecule has 4 nitrogen and oxygen atoms in total. The van der Waals surface area contributed by atoms with Crippen LogP contribution in [0.1, 0.15) is 121 Å². The number of carboxylic acids is 1. The van der Waals surface area contributed by atoms with E-state index in [2.05, 4.69) is 68.6 Å². The first-order valence-electron chi connectivity index (χ1n) is 14.0. The molecule has 1 aliphatic heterocycles. The molecular formula is C32H44N2O2S. The zero-order valence-corrected chi connectivity index (χ0v) is 24.4. The number of carboxylic acid groups (broad SMARTS) is 1. The molecule has 2 heterocycles. The smallest absolute Gasteiger partial charge is 0.306 e. The second-order valence-electron chi connectivity index (χ2n) is 11.7. The van der Waals surface area contributed by atoms with Crippen molar-refractivity contribution in [2.45, 2.75) is 121 Å². The van der Waals surface area contributed by atoms with E-state index in [-0.39, 0.29) is 16.1 Å². The Labute approximate surface area is 228 Å². The highest BCUT2D eigenvalue weighted by Crippen LogP contribution is 2.51. The summed E-state index contributed by atoms with van der Waals surface area (Å²) < 4.78 is 0.230. The van der Waals surface area contributed by atoms with Crippen molar-refractivity contribution in [2.75, 3.05) is 0 Å². The first kappa shape index (κ1) is 29.2. The molecule has 0 aliphatic carbocycles. The summed E-state index contributed by atoms with van der Waals surface area (Å²) in [6, 6.07) is 4.76. The van der Waals surface area contributed by atoms with Crippen molar-refractivity contribution in [3.8, 4) is 11.8 Å². The van der Waals surface area contributed by atoms with Gasteiger partial charge in [0, 0.05) is 34.0 Å². The molecule has 1 aromatic heterocycles. The third-order valence-corrected chi connectivity index (χ3v) is 8.58. The fourth-order valence-corrected chi connectivity index (χ4v) is 7.17. The number of carbonyl (C=O) groups is 1. The van der Waals surface area contributed by atoms with E-state index in [1.807, 2.05) is 18.7 Å². The molecule has 0 radical (unpaired) electrons. The average Bonchev–Trinajstić information content (AvgIpc) is 2.82. The SMILES string of the molecule is CCCCCCc1cc2c(cc1C#Cc1cnc(CCCC(CC)C(=O)O)nc1)C(C)(C)CC(C)(C)S2. The molecule has 37 heavy (non-hydrogen) atoms. The van der Waals surface area contributed by atoms with Crippen LogP contribution in [0, 0.1) is 17.8 Å². The van der Waals surface area contributed by atoms with Crippen LogP contribution in [0.3, 0.4) is 0 Å². The Kier molecular flexibility index (Phi) is 10.2. The third-order valence-electron chi connectivity index (χ3n) is 7.33. The quantitative estimate of drug-likeness (QED) is 0.240. The van der Waals surface area contributed by atoms with Gasteiger partial charge < -0.3 is 5.11 Å². The first-order chi connectivity index (χ1) is 17.5. The molecule has 1 unspecified atom stereocenters. The molecule has 2 aromatic rings. The van der Waals surface area contributed by atoms with Crippen LogP contribution in [0.15, 0.2) is 29.4 Å². The number of fused-ring (bicyclic) bond motifs is 1. The number of aryl methyl sites for hydroxylation is 2. The summed E-state index contributed by atoms with van der Waals surface area (Å²) >= 11 is 2.01. The highest BCUT2D eigenvalue weighted by atomic mass is 32.2. The number of hydrogen-bond acceptors (Lipinski definition) is 4. The second kappa shape index (κ2) is 13.0. The Morgan fingerprint density at radius 2 is 1.76 bits per heavy atom. The Bertz CT molecular complexity index is 1130. The maximum Gasteiger partial charge on any atom is 0.306 e. The van der Waals surface area contributed by atoms with Gasteiger partial charge in [-0.1, -0.05) is 72.6 Å². The van der Waals surface area contributed by atoms with Crippen LogP contribution in [-0.4, -0.2) is 25.8 Å². The minimum atomic E-state index is -0.716. The molecule has 200 valence electrons. The lowest BCUT2D eigenvalue weighted by atomic mass is 9.76. The molecule has 3 rings (SSSR count). The lowest BCUT2D eigenvalue weighted by Crippen LogP contribution is -2.33. The van der Waals surface area contributed by atoms with Gasteiger partial charge in [-0.2, -0.15) is 0 Å². The Hall–Kier alpha value is -2.32. The second-order valence-corrected chi connectivity index (χ2v) is 13.5. The van der Waals surface area contributed by atoms with Crippen molar-refractivity contribution in [3.63, 3.8) is 0 Å². The van der Waals surface area contributed by atoms with Gasteiger partial charge >= 0.3 is 5.97 Å². The van der Waals surface area contributed by atoms with Crippen molar-refractivity contribution in [3.05, 3.63) is 52.6 Å². The topological polar surface area (TPSA) is 63.1 Å².